The lowest BCUT2D eigenvalue weighted by Gasteiger charge is -2.15. The minimum atomic E-state index is -1.10. The Morgan fingerprint density at radius 1 is 1.07 bits per heavy atom. The fourth-order valence-corrected chi connectivity index (χ4v) is 3.10. The van der Waals surface area contributed by atoms with E-state index in [0.717, 1.165) is 0 Å². The van der Waals surface area contributed by atoms with Crippen LogP contribution >= 0.6 is 23.2 Å². The molecule has 0 aliphatic heterocycles. The van der Waals surface area contributed by atoms with Crippen LogP contribution in [-0.2, 0) is 0 Å². The molecule has 4 aromatic rings. The number of benzene rings is 2. The molecule has 134 valence electrons. The van der Waals surface area contributed by atoms with Crippen molar-refractivity contribution in [2.45, 2.75) is 0 Å². The van der Waals surface area contributed by atoms with E-state index in [1.807, 2.05) is 0 Å². The van der Waals surface area contributed by atoms with Gasteiger partial charge in [0.15, 0.2) is 0 Å². The summed E-state index contributed by atoms with van der Waals surface area (Å²) in [5.74, 6) is -0.758. The van der Waals surface area contributed by atoms with E-state index in [4.69, 9.17) is 27.6 Å². The number of pyridine rings is 1. The van der Waals surface area contributed by atoms with Gasteiger partial charge in [-0.15, -0.1) is 0 Å². The molecule has 2 N–H and O–H groups in total. The van der Waals surface area contributed by atoms with Crippen LogP contribution < -0.4 is 5.32 Å². The molecule has 2 aromatic carbocycles. The summed E-state index contributed by atoms with van der Waals surface area (Å²) in [6.07, 6.45) is 4.58. The van der Waals surface area contributed by atoms with Crippen LogP contribution in [0.3, 0.4) is 0 Å². The molecule has 0 saturated heterocycles. The van der Waals surface area contributed by atoms with E-state index in [0.29, 0.717) is 43.8 Å². The summed E-state index contributed by atoms with van der Waals surface area (Å²) in [5.41, 5.74) is 2.24. The number of anilines is 2. The second-order valence-electron chi connectivity index (χ2n) is 5.67. The minimum Gasteiger partial charge on any atom is -0.478 e. The first-order valence-corrected chi connectivity index (χ1v) is 8.56. The zero-order valence-electron chi connectivity index (χ0n) is 13.6. The van der Waals surface area contributed by atoms with Crippen molar-refractivity contribution in [1.29, 1.82) is 0 Å². The van der Waals surface area contributed by atoms with Gasteiger partial charge in [-0.3, -0.25) is 4.98 Å². The average molecular weight is 400 g/mol. The Morgan fingerprint density at radius 2 is 1.85 bits per heavy atom. The number of hydrogen-bond acceptors (Lipinski definition) is 5. The topological polar surface area (TPSA) is 88.2 Å². The van der Waals surface area contributed by atoms with Gasteiger partial charge < -0.3 is 14.8 Å². The quantitative estimate of drug-likeness (QED) is 0.461. The largest absolute Gasteiger partial charge is 0.478 e. The Morgan fingerprint density at radius 3 is 2.59 bits per heavy atom. The summed E-state index contributed by atoms with van der Waals surface area (Å²) in [7, 11) is 0. The van der Waals surface area contributed by atoms with E-state index in [-0.39, 0.29) is 5.56 Å². The molecule has 0 amide bonds. The van der Waals surface area contributed by atoms with Crippen molar-refractivity contribution in [3.63, 3.8) is 0 Å². The SMILES string of the molecule is O=C(O)c1cc(Cl)ccc1Nc1c(-c2ncco2)cnc2ccc(Cl)cc12. The zero-order valence-corrected chi connectivity index (χ0v) is 15.1. The van der Waals surface area contributed by atoms with Crippen molar-refractivity contribution in [3.8, 4) is 11.5 Å². The maximum atomic E-state index is 11.6. The van der Waals surface area contributed by atoms with Gasteiger partial charge in [-0.1, -0.05) is 23.2 Å². The Labute approximate surface area is 163 Å². The number of carboxylic acid groups (broad SMARTS) is 1. The molecule has 0 aliphatic rings. The second-order valence-corrected chi connectivity index (χ2v) is 6.54. The Bertz CT molecular complexity index is 1160. The van der Waals surface area contributed by atoms with E-state index >= 15 is 0 Å². The lowest BCUT2D eigenvalue weighted by molar-refractivity contribution is 0.0698. The normalized spacial score (nSPS) is 10.9. The standard InChI is InChI=1S/C19H11Cl2N3O3/c20-10-1-3-15-12(7-10)17(14(9-23-15)18-22-5-6-27-18)24-16-4-2-11(21)8-13(16)19(25)26/h1-9H,(H,23,24)(H,25,26). The Kier molecular flexibility index (Phi) is 4.43. The first kappa shape index (κ1) is 17.3. The van der Waals surface area contributed by atoms with Crippen molar-refractivity contribution in [3.05, 3.63) is 70.7 Å². The predicted octanol–water partition coefficient (Wildman–Crippen LogP) is 5.64. The van der Waals surface area contributed by atoms with Crippen LogP contribution in [0.15, 0.2) is 59.5 Å². The highest BCUT2D eigenvalue weighted by atomic mass is 35.5. The van der Waals surface area contributed by atoms with Crippen LogP contribution in [0.25, 0.3) is 22.4 Å². The molecule has 8 heteroatoms. The van der Waals surface area contributed by atoms with Gasteiger partial charge in [-0.05, 0) is 36.4 Å². The summed E-state index contributed by atoms with van der Waals surface area (Å²) in [4.78, 5) is 20.2. The molecular weight excluding hydrogens is 389 g/mol. The Balaban J connectivity index is 1.96. The molecule has 0 atom stereocenters. The maximum absolute atomic E-state index is 11.6. The number of hydrogen-bond donors (Lipinski definition) is 2. The summed E-state index contributed by atoms with van der Waals surface area (Å²) in [6.45, 7) is 0. The first-order valence-electron chi connectivity index (χ1n) is 7.81. The number of oxazole rings is 1. The van der Waals surface area contributed by atoms with Gasteiger partial charge >= 0.3 is 5.97 Å². The van der Waals surface area contributed by atoms with Crippen LogP contribution in [0, 0.1) is 0 Å². The number of nitrogens with zero attached hydrogens (tertiary/aromatic N) is 2. The summed E-state index contributed by atoms with van der Waals surface area (Å²) >= 11 is 12.1. The van der Waals surface area contributed by atoms with E-state index in [1.54, 1.807) is 36.5 Å². The fraction of sp³-hybridized carbons (Fsp3) is 0. The molecular formula is C19H11Cl2N3O3. The van der Waals surface area contributed by atoms with E-state index in [2.05, 4.69) is 15.3 Å². The third-order valence-electron chi connectivity index (χ3n) is 3.96. The number of rotatable bonds is 4. The second kappa shape index (κ2) is 6.90. The molecule has 0 aliphatic carbocycles. The smallest absolute Gasteiger partial charge is 0.337 e. The van der Waals surface area contributed by atoms with Crippen LogP contribution in [0.5, 0.6) is 0 Å². The third-order valence-corrected chi connectivity index (χ3v) is 4.43. The van der Waals surface area contributed by atoms with Crippen molar-refractivity contribution in [2.75, 3.05) is 5.32 Å². The monoisotopic (exact) mass is 399 g/mol. The molecule has 27 heavy (non-hydrogen) atoms. The van der Waals surface area contributed by atoms with Gasteiger partial charge in [-0.2, -0.15) is 0 Å². The molecule has 0 fully saturated rings. The number of carboxylic acids is 1. The van der Waals surface area contributed by atoms with Crippen LogP contribution in [0.1, 0.15) is 10.4 Å². The number of aromatic carboxylic acids is 1. The van der Waals surface area contributed by atoms with Crippen LogP contribution in [-0.4, -0.2) is 21.0 Å². The summed E-state index contributed by atoms with van der Waals surface area (Å²) in [5, 5.41) is 14.2. The van der Waals surface area contributed by atoms with Crippen molar-refractivity contribution in [2.24, 2.45) is 0 Å². The van der Waals surface area contributed by atoms with Gasteiger partial charge in [0.2, 0.25) is 5.89 Å². The van der Waals surface area contributed by atoms with Gasteiger partial charge in [-0.25, -0.2) is 9.78 Å². The third kappa shape index (κ3) is 3.32. The Hall–Kier alpha value is -3.09. The molecule has 0 spiro atoms. The van der Waals surface area contributed by atoms with Gasteiger partial charge in [0.05, 0.1) is 34.2 Å². The number of nitrogens with one attached hydrogen (secondary N) is 1. The molecule has 0 bridgehead atoms. The number of halogens is 2. The van der Waals surface area contributed by atoms with E-state index < -0.39 is 5.97 Å². The molecule has 2 aromatic heterocycles. The zero-order chi connectivity index (χ0) is 19.0. The van der Waals surface area contributed by atoms with Crippen molar-refractivity contribution in [1.82, 2.24) is 9.97 Å². The van der Waals surface area contributed by atoms with Gasteiger partial charge in [0, 0.05) is 21.6 Å². The lowest BCUT2D eigenvalue weighted by atomic mass is 10.1. The first-order chi connectivity index (χ1) is 13.0. The maximum Gasteiger partial charge on any atom is 0.337 e. The van der Waals surface area contributed by atoms with Gasteiger partial charge in [0.1, 0.15) is 6.26 Å². The van der Waals surface area contributed by atoms with Crippen molar-refractivity contribution >= 4 is 51.4 Å². The summed E-state index contributed by atoms with van der Waals surface area (Å²) in [6, 6.07) is 9.85. The highest BCUT2D eigenvalue weighted by Gasteiger charge is 2.18. The molecule has 2 heterocycles. The highest BCUT2D eigenvalue weighted by Crippen LogP contribution is 2.37. The molecule has 6 nitrogen and oxygen atoms in total. The van der Waals surface area contributed by atoms with Crippen LogP contribution in [0.4, 0.5) is 11.4 Å². The number of aromatic nitrogens is 2. The molecule has 0 unspecified atom stereocenters. The minimum absolute atomic E-state index is 0.0350. The van der Waals surface area contributed by atoms with Crippen LogP contribution in [0.2, 0.25) is 10.0 Å². The van der Waals surface area contributed by atoms with E-state index in [9.17, 15) is 9.90 Å². The highest BCUT2D eigenvalue weighted by molar-refractivity contribution is 6.32. The number of carbonyl (C=O) groups is 1. The predicted molar refractivity (Wildman–Crippen MR) is 104 cm³/mol. The molecule has 0 saturated carbocycles. The number of fused-ring (bicyclic) bond motifs is 1. The summed E-state index contributed by atoms with van der Waals surface area (Å²) < 4.78 is 5.41. The molecule has 0 radical (unpaired) electrons. The van der Waals surface area contributed by atoms with Crippen molar-refractivity contribution < 1.29 is 14.3 Å². The average Bonchev–Trinajstić information content (AvgIpc) is 3.17. The van der Waals surface area contributed by atoms with E-state index in [1.165, 1.54) is 18.5 Å². The fourth-order valence-electron chi connectivity index (χ4n) is 2.76. The van der Waals surface area contributed by atoms with Gasteiger partial charge in [0.25, 0.3) is 0 Å². The lowest BCUT2D eigenvalue weighted by Crippen LogP contribution is -2.04. The molecule has 4 rings (SSSR count).